The average molecular weight is 327 g/mol. The van der Waals surface area contributed by atoms with Gasteiger partial charge in [-0.25, -0.2) is 8.42 Å². The van der Waals surface area contributed by atoms with Gasteiger partial charge in [-0.15, -0.1) is 0 Å². The number of rotatable bonds is 6. The number of benzene rings is 1. The zero-order valence-corrected chi connectivity index (χ0v) is 13.0. The Balaban J connectivity index is 2.22. The molecule has 1 aromatic carbocycles. The van der Waals surface area contributed by atoms with Crippen LogP contribution in [0.5, 0.6) is 0 Å². The number of nitrogens with one attached hydrogen (secondary N) is 1. The van der Waals surface area contributed by atoms with E-state index < -0.39 is 27.4 Å². The topological polar surface area (TPSA) is 110 Å². The predicted molar refractivity (Wildman–Crippen MR) is 76.8 cm³/mol. The first-order valence-corrected chi connectivity index (χ1v) is 8.15. The number of carbonyl (C=O) groups is 2. The zero-order chi connectivity index (χ0) is 16.5. The summed E-state index contributed by atoms with van der Waals surface area (Å²) < 4.78 is 30.9. The van der Waals surface area contributed by atoms with E-state index >= 15 is 0 Å². The monoisotopic (exact) mass is 327 g/mol. The number of ether oxygens (including phenoxy) is 1. The van der Waals surface area contributed by atoms with E-state index in [1.165, 1.54) is 26.2 Å². The summed E-state index contributed by atoms with van der Waals surface area (Å²) in [4.78, 5) is 22.5. The molecule has 2 rings (SSSR count). The van der Waals surface area contributed by atoms with Crippen LogP contribution in [0.15, 0.2) is 29.2 Å². The van der Waals surface area contributed by atoms with Crippen LogP contribution in [0, 0.1) is 0 Å². The summed E-state index contributed by atoms with van der Waals surface area (Å²) in [5, 5.41) is 8.76. The SMILES string of the molecule is COC(=O)C1(c2ccc(S(=O)(=O)NC(C)C(=O)O)cc2)CC1. The first kappa shape index (κ1) is 16.4. The first-order chi connectivity index (χ1) is 10.2. The van der Waals surface area contributed by atoms with Gasteiger partial charge in [0.15, 0.2) is 0 Å². The quantitative estimate of drug-likeness (QED) is 0.742. The second-order valence-electron chi connectivity index (χ2n) is 5.28. The van der Waals surface area contributed by atoms with Gasteiger partial charge in [-0.05, 0) is 37.5 Å². The maximum atomic E-state index is 12.0. The van der Waals surface area contributed by atoms with Crippen molar-refractivity contribution in [2.75, 3.05) is 7.11 Å². The molecule has 0 amide bonds. The van der Waals surface area contributed by atoms with E-state index in [-0.39, 0.29) is 10.9 Å². The van der Waals surface area contributed by atoms with Crippen molar-refractivity contribution >= 4 is 22.0 Å². The lowest BCUT2D eigenvalue weighted by molar-refractivity contribution is -0.143. The lowest BCUT2D eigenvalue weighted by Gasteiger charge is -2.14. The largest absolute Gasteiger partial charge is 0.480 e. The van der Waals surface area contributed by atoms with Crippen molar-refractivity contribution in [3.8, 4) is 0 Å². The van der Waals surface area contributed by atoms with E-state index in [0.29, 0.717) is 18.4 Å². The van der Waals surface area contributed by atoms with Crippen LogP contribution in [-0.2, 0) is 29.8 Å². The van der Waals surface area contributed by atoms with Crippen molar-refractivity contribution in [2.24, 2.45) is 0 Å². The number of sulfonamides is 1. The van der Waals surface area contributed by atoms with Gasteiger partial charge in [-0.2, -0.15) is 4.72 Å². The summed E-state index contributed by atoms with van der Waals surface area (Å²) in [5.41, 5.74) is 0.0309. The minimum absolute atomic E-state index is 0.0509. The fraction of sp³-hybridized carbons (Fsp3) is 0.429. The molecule has 1 saturated carbocycles. The number of carbonyl (C=O) groups excluding carboxylic acids is 1. The molecule has 22 heavy (non-hydrogen) atoms. The molecule has 0 heterocycles. The number of aliphatic carboxylic acids is 1. The Morgan fingerprint density at radius 1 is 1.27 bits per heavy atom. The van der Waals surface area contributed by atoms with E-state index in [1.54, 1.807) is 12.1 Å². The second-order valence-corrected chi connectivity index (χ2v) is 6.99. The molecule has 0 bridgehead atoms. The maximum absolute atomic E-state index is 12.0. The van der Waals surface area contributed by atoms with Gasteiger partial charge < -0.3 is 9.84 Å². The Hall–Kier alpha value is -1.93. The molecule has 8 heteroatoms. The van der Waals surface area contributed by atoms with Gasteiger partial charge in [0.2, 0.25) is 10.0 Å². The molecule has 1 aliphatic rings. The van der Waals surface area contributed by atoms with Crippen molar-refractivity contribution in [2.45, 2.75) is 36.1 Å². The Labute approximate surface area is 128 Å². The number of methoxy groups -OCH3 is 1. The summed E-state index contributed by atoms with van der Waals surface area (Å²) in [7, 11) is -2.60. The molecule has 1 aromatic rings. The summed E-state index contributed by atoms with van der Waals surface area (Å²) >= 11 is 0. The van der Waals surface area contributed by atoms with Crippen molar-refractivity contribution in [1.82, 2.24) is 4.72 Å². The van der Waals surface area contributed by atoms with Crippen LogP contribution in [0.3, 0.4) is 0 Å². The zero-order valence-electron chi connectivity index (χ0n) is 12.2. The van der Waals surface area contributed by atoms with Gasteiger partial charge in [-0.3, -0.25) is 9.59 Å². The average Bonchev–Trinajstić information content (AvgIpc) is 3.27. The summed E-state index contributed by atoms with van der Waals surface area (Å²) in [6, 6.07) is 4.60. The highest BCUT2D eigenvalue weighted by Gasteiger charge is 2.52. The highest BCUT2D eigenvalue weighted by atomic mass is 32.2. The molecule has 0 spiro atoms. The van der Waals surface area contributed by atoms with Crippen molar-refractivity contribution in [3.05, 3.63) is 29.8 Å². The van der Waals surface area contributed by atoms with Gasteiger partial charge in [0.25, 0.3) is 0 Å². The van der Waals surface area contributed by atoms with Crippen molar-refractivity contribution in [1.29, 1.82) is 0 Å². The van der Waals surface area contributed by atoms with E-state index in [9.17, 15) is 18.0 Å². The molecule has 0 aliphatic heterocycles. The smallest absolute Gasteiger partial charge is 0.321 e. The Kier molecular flexibility index (Phi) is 4.25. The number of carboxylic acid groups (broad SMARTS) is 1. The first-order valence-electron chi connectivity index (χ1n) is 6.67. The predicted octanol–water partition coefficient (Wildman–Crippen LogP) is 0.643. The van der Waals surface area contributed by atoms with Crippen LogP contribution in [-0.4, -0.2) is 38.6 Å². The lowest BCUT2D eigenvalue weighted by Crippen LogP contribution is -2.38. The van der Waals surface area contributed by atoms with Crippen LogP contribution < -0.4 is 4.72 Å². The van der Waals surface area contributed by atoms with Crippen LogP contribution in [0.2, 0.25) is 0 Å². The number of carboxylic acids is 1. The highest BCUT2D eigenvalue weighted by molar-refractivity contribution is 7.89. The lowest BCUT2D eigenvalue weighted by atomic mass is 9.96. The second kappa shape index (κ2) is 5.69. The minimum Gasteiger partial charge on any atom is -0.480 e. The molecule has 120 valence electrons. The van der Waals surface area contributed by atoms with Gasteiger partial charge in [0, 0.05) is 0 Å². The Morgan fingerprint density at radius 3 is 2.23 bits per heavy atom. The van der Waals surface area contributed by atoms with Gasteiger partial charge in [0.1, 0.15) is 6.04 Å². The molecule has 0 aromatic heterocycles. The molecule has 7 nitrogen and oxygen atoms in total. The number of hydrogen-bond acceptors (Lipinski definition) is 5. The van der Waals surface area contributed by atoms with E-state index in [0.717, 1.165) is 0 Å². The maximum Gasteiger partial charge on any atom is 0.321 e. The van der Waals surface area contributed by atoms with E-state index in [4.69, 9.17) is 9.84 Å². The standard InChI is InChI=1S/C14H17NO6S/c1-9(12(16)17)15-22(19,20)11-5-3-10(4-6-11)14(7-8-14)13(18)21-2/h3-6,9,15H,7-8H2,1-2H3,(H,16,17). The Morgan fingerprint density at radius 2 is 1.82 bits per heavy atom. The molecular formula is C14H17NO6S. The fourth-order valence-corrected chi connectivity index (χ4v) is 3.43. The molecule has 1 atom stereocenters. The number of esters is 1. The van der Waals surface area contributed by atoms with E-state index in [2.05, 4.69) is 4.72 Å². The van der Waals surface area contributed by atoms with Crippen LogP contribution in [0.25, 0.3) is 0 Å². The van der Waals surface area contributed by atoms with Gasteiger partial charge in [-0.1, -0.05) is 12.1 Å². The third-order valence-electron chi connectivity index (χ3n) is 3.75. The van der Waals surface area contributed by atoms with Crippen molar-refractivity contribution < 1.29 is 27.9 Å². The third-order valence-corrected chi connectivity index (χ3v) is 5.30. The summed E-state index contributed by atoms with van der Waals surface area (Å²) in [6.45, 7) is 1.24. The van der Waals surface area contributed by atoms with Crippen LogP contribution in [0.1, 0.15) is 25.3 Å². The summed E-state index contributed by atoms with van der Waals surface area (Å²) in [5.74, 6) is -1.59. The minimum atomic E-state index is -3.92. The molecule has 1 unspecified atom stereocenters. The Bertz CT molecular complexity index is 691. The van der Waals surface area contributed by atoms with Crippen LogP contribution in [0.4, 0.5) is 0 Å². The number of hydrogen-bond donors (Lipinski definition) is 2. The van der Waals surface area contributed by atoms with Gasteiger partial charge >= 0.3 is 11.9 Å². The third kappa shape index (κ3) is 2.97. The van der Waals surface area contributed by atoms with E-state index in [1.807, 2.05) is 0 Å². The van der Waals surface area contributed by atoms with Crippen LogP contribution >= 0.6 is 0 Å². The molecule has 2 N–H and O–H groups in total. The molecule has 1 aliphatic carbocycles. The summed E-state index contributed by atoms with van der Waals surface area (Å²) in [6.07, 6.45) is 1.33. The normalized spacial score (nSPS) is 17.5. The molecule has 0 radical (unpaired) electrons. The fourth-order valence-electron chi connectivity index (χ4n) is 2.24. The van der Waals surface area contributed by atoms with Gasteiger partial charge in [0.05, 0.1) is 17.4 Å². The van der Waals surface area contributed by atoms with Crippen molar-refractivity contribution in [3.63, 3.8) is 0 Å². The molecular weight excluding hydrogens is 310 g/mol. The highest BCUT2D eigenvalue weighted by Crippen LogP contribution is 2.49. The molecule has 1 fully saturated rings. The molecule has 0 saturated heterocycles.